The van der Waals surface area contributed by atoms with Crippen molar-refractivity contribution in [1.82, 2.24) is 14.5 Å². The highest BCUT2D eigenvalue weighted by molar-refractivity contribution is 7.98. The summed E-state index contributed by atoms with van der Waals surface area (Å²) in [6.45, 7) is 1.31. The van der Waals surface area contributed by atoms with E-state index in [0.29, 0.717) is 19.5 Å². The molecule has 1 aromatic heterocycles. The molecule has 138 valence electrons. The summed E-state index contributed by atoms with van der Waals surface area (Å²) in [7, 11) is 0. The first-order valence-corrected chi connectivity index (χ1v) is 9.73. The molecule has 1 atom stereocenters. The number of aromatic amines is 1. The molecule has 1 unspecified atom stereocenters. The van der Waals surface area contributed by atoms with Gasteiger partial charge in [-0.3, -0.25) is 9.36 Å². The zero-order valence-electron chi connectivity index (χ0n) is 14.3. The molecular formula is C17H25ClN4O2S. The third-order valence-corrected chi connectivity index (χ3v) is 5.36. The molecule has 1 saturated heterocycles. The molecule has 0 saturated carbocycles. The molecule has 3 rings (SSSR count). The van der Waals surface area contributed by atoms with Gasteiger partial charge >= 0.3 is 5.69 Å². The molecule has 1 aromatic carbocycles. The Morgan fingerprint density at radius 2 is 2.04 bits per heavy atom. The molecule has 0 aliphatic carbocycles. The summed E-state index contributed by atoms with van der Waals surface area (Å²) in [5.41, 5.74) is 7.72. The Labute approximate surface area is 157 Å². The fraction of sp³-hybridized carbons (Fsp3) is 0.529. The first-order valence-electron chi connectivity index (χ1n) is 8.34. The summed E-state index contributed by atoms with van der Waals surface area (Å²) in [4.78, 5) is 29.4. The lowest BCUT2D eigenvalue weighted by Crippen LogP contribution is -2.48. The van der Waals surface area contributed by atoms with E-state index in [4.69, 9.17) is 5.73 Å². The molecule has 3 N–H and O–H groups in total. The van der Waals surface area contributed by atoms with Crippen LogP contribution in [-0.2, 0) is 4.79 Å². The van der Waals surface area contributed by atoms with Gasteiger partial charge in [-0.25, -0.2) is 4.79 Å². The van der Waals surface area contributed by atoms with Gasteiger partial charge in [-0.15, -0.1) is 12.4 Å². The number of benzene rings is 1. The van der Waals surface area contributed by atoms with Gasteiger partial charge in [-0.1, -0.05) is 12.1 Å². The lowest BCUT2D eigenvalue weighted by atomic mass is 10.0. The number of nitrogens with two attached hydrogens (primary N) is 1. The van der Waals surface area contributed by atoms with Gasteiger partial charge in [0.15, 0.2) is 0 Å². The lowest BCUT2D eigenvalue weighted by Gasteiger charge is -2.34. The third-order valence-electron chi connectivity index (χ3n) is 4.72. The Bertz CT molecular complexity index is 767. The maximum Gasteiger partial charge on any atom is 0.326 e. The number of thioether (sulfide) groups is 1. The van der Waals surface area contributed by atoms with Crippen LogP contribution in [0.5, 0.6) is 0 Å². The molecule has 0 radical (unpaired) electrons. The van der Waals surface area contributed by atoms with Crippen LogP contribution >= 0.6 is 24.2 Å². The number of halogens is 1. The van der Waals surface area contributed by atoms with Gasteiger partial charge < -0.3 is 15.6 Å². The number of hydrogen-bond donors (Lipinski definition) is 2. The van der Waals surface area contributed by atoms with Crippen LogP contribution in [0, 0.1) is 0 Å². The number of piperidine rings is 1. The number of aromatic nitrogens is 2. The van der Waals surface area contributed by atoms with Crippen LogP contribution < -0.4 is 11.4 Å². The van der Waals surface area contributed by atoms with E-state index in [9.17, 15) is 9.59 Å². The highest BCUT2D eigenvalue weighted by Gasteiger charge is 2.28. The predicted octanol–water partition coefficient (Wildman–Crippen LogP) is 2.00. The molecule has 25 heavy (non-hydrogen) atoms. The van der Waals surface area contributed by atoms with Crippen molar-refractivity contribution in [2.45, 2.75) is 31.3 Å². The van der Waals surface area contributed by atoms with Crippen LogP contribution in [-0.4, -0.2) is 51.5 Å². The number of rotatable bonds is 5. The van der Waals surface area contributed by atoms with E-state index in [2.05, 4.69) is 4.98 Å². The van der Waals surface area contributed by atoms with Gasteiger partial charge in [-0.2, -0.15) is 11.8 Å². The largest absolute Gasteiger partial charge is 0.341 e. The maximum absolute atomic E-state index is 12.4. The average molecular weight is 385 g/mol. The van der Waals surface area contributed by atoms with Gasteiger partial charge in [0, 0.05) is 19.1 Å². The van der Waals surface area contributed by atoms with Crippen molar-refractivity contribution < 1.29 is 4.79 Å². The molecule has 6 nitrogen and oxygen atoms in total. The highest BCUT2D eigenvalue weighted by atomic mass is 35.5. The number of amides is 1. The van der Waals surface area contributed by atoms with Crippen molar-refractivity contribution >= 4 is 41.1 Å². The van der Waals surface area contributed by atoms with E-state index in [-0.39, 0.29) is 30.0 Å². The standard InChI is InChI=1S/C17H24N4O2S.ClH/c1-24-11-8-13(18)16(22)20-9-6-12(7-10-20)21-15-5-3-2-4-14(15)19-17(21)23;/h2-5,12-13H,6-11,18H2,1H3,(H,19,23);1H. The summed E-state index contributed by atoms with van der Waals surface area (Å²) in [6, 6.07) is 7.44. The molecular weight excluding hydrogens is 360 g/mol. The van der Waals surface area contributed by atoms with Gasteiger partial charge in [0.1, 0.15) is 0 Å². The minimum absolute atomic E-state index is 0. The van der Waals surface area contributed by atoms with Crippen LogP contribution in [0.25, 0.3) is 11.0 Å². The summed E-state index contributed by atoms with van der Waals surface area (Å²) in [6.07, 6.45) is 4.29. The molecule has 1 aliphatic rings. The fourth-order valence-corrected chi connectivity index (χ4v) is 3.87. The molecule has 2 aromatic rings. The van der Waals surface area contributed by atoms with E-state index >= 15 is 0 Å². The van der Waals surface area contributed by atoms with Gasteiger partial charge in [0.05, 0.1) is 17.1 Å². The first-order chi connectivity index (χ1) is 11.6. The highest BCUT2D eigenvalue weighted by Crippen LogP contribution is 2.25. The third kappa shape index (κ3) is 4.22. The Balaban J connectivity index is 0.00000225. The second-order valence-corrected chi connectivity index (χ2v) is 7.25. The number of carbonyl (C=O) groups excluding carboxylic acids is 1. The van der Waals surface area contributed by atoms with Gasteiger partial charge in [0.2, 0.25) is 5.91 Å². The lowest BCUT2D eigenvalue weighted by molar-refractivity contribution is -0.133. The number of nitrogens with zero attached hydrogens (tertiary/aromatic N) is 2. The van der Waals surface area contributed by atoms with Crippen LogP contribution in [0.3, 0.4) is 0 Å². The maximum atomic E-state index is 12.4. The Morgan fingerprint density at radius 3 is 2.72 bits per heavy atom. The number of likely N-dealkylation sites (tertiary alicyclic amines) is 1. The van der Waals surface area contributed by atoms with Crippen molar-refractivity contribution in [1.29, 1.82) is 0 Å². The smallest absolute Gasteiger partial charge is 0.326 e. The van der Waals surface area contributed by atoms with Crippen LogP contribution in [0.15, 0.2) is 29.1 Å². The fourth-order valence-electron chi connectivity index (χ4n) is 3.38. The number of H-pyrrole nitrogens is 1. The average Bonchev–Trinajstić information content (AvgIpc) is 2.95. The molecule has 0 bridgehead atoms. The molecule has 8 heteroatoms. The molecule has 1 aliphatic heterocycles. The monoisotopic (exact) mass is 384 g/mol. The van der Waals surface area contributed by atoms with Crippen LogP contribution in [0.4, 0.5) is 0 Å². The molecule has 1 fully saturated rings. The molecule has 1 amide bonds. The zero-order chi connectivity index (χ0) is 17.1. The predicted molar refractivity (Wildman–Crippen MR) is 106 cm³/mol. The Morgan fingerprint density at radius 1 is 1.36 bits per heavy atom. The number of fused-ring (bicyclic) bond motifs is 1. The van der Waals surface area contributed by atoms with Gasteiger partial charge in [0.25, 0.3) is 0 Å². The van der Waals surface area contributed by atoms with Crippen LogP contribution in [0.1, 0.15) is 25.3 Å². The summed E-state index contributed by atoms with van der Waals surface area (Å²) >= 11 is 1.70. The molecule has 2 heterocycles. The van der Waals surface area contributed by atoms with Crippen molar-refractivity contribution in [2.75, 3.05) is 25.1 Å². The minimum Gasteiger partial charge on any atom is -0.341 e. The Kier molecular flexibility index (Phi) is 6.98. The zero-order valence-corrected chi connectivity index (χ0v) is 15.9. The normalized spacial score (nSPS) is 16.6. The van der Waals surface area contributed by atoms with E-state index in [0.717, 1.165) is 29.6 Å². The molecule has 0 spiro atoms. The quantitative estimate of drug-likeness (QED) is 0.825. The second-order valence-electron chi connectivity index (χ2n) is 6.26. The minimum atomic E-state index is -0.412. The number of para-hydroxylation sites is 2. The van der Waals surface area contributed by atoms with Crippen LogP contribution in [0.2, 0.25) is 0 Å². The van der Waals surface area contributed by atoms with Gasteiger partial charge in [-0.05, 0) is 43.4 Å². The van der Waals surface area contributed by atoms with E-state index < -0.39 is 6.04 Å². The van der Waals surface area contributed by atoms with E-state index in [1.807, 2.05) is 40.0 Å². The van der Waals surface area contributed by atoms with Crippen molar-refractivity contribution in [3.63, 3.8) is 0 Å². The number of carbonyl (C=O) groups is 1. The van der Waals surface area contributed by atoms with E-state index in [1.165, 1.54) is 0 Å². The number of nitrogens with one attached hydrogen (secondary N) is 1. The van der Waals surface area contributed by atoms with Crippen molar-refractivity contribution in [2.24, 2.45) is 5.73 Å². The van der Waals surface area contributed by atoms with E-state index in [1.54, 1.807) is 11.8 Å². The summed E-state index contributed by atoms with van der Waals surface area (Å²) in [5, 5.41) is 0. The summed E-state index contributed by atoms with van der Waals surface area (Å²) < 4.78 is 1.84. The topological polar surface area (TPSA) is 84.1 Å². The van der Waals surface area contributed by atoms with Crippen molar-refractivity contribution in [3.8, 4) is 0 Å². The SMILES string of the molecule is CSCCC(N)C(=O)N1CCC(n2c(=O)[nH]c3ccccc32)CC1.Cl. The first kappa shape index (κ1) is 19.9. The summed E-state index contributed by atoms with van der Waals surface area (Å²) in [5.74, 6) is 0.933. The number of imidazole rings is 1. The second kappa shape index (κ2) is 8.78. The Hall–Kier alpha value is -1.44. The number of hydrogen-bond acceptors (Lipinski definition) is 4. The van der Waals surface area contributed by atoms with Crippen molar-refractivity contribution in [3.05, 3.63) is 34.7 Å².